The smallest absolute Gasteiger partial charge is 0.101 e. The van der Waals surface area contributed by atoms with Crippen molar-refractivity contribution < 1.29 is 0 Å². The summed E-state index contributed by atoms with van der Waals surface area (Å²) in [5.41, 5.74) is 1.54. The zero-order chi connectivity index (χ0) is 9.26. The van der Waals surface area contributed by atoms with E-state index in [1.165, 1.54) is 0 Å². The highest BCUT2D eigenvalue weighted by Gasteiger charge is 1.97. The molecule has 0 fully saturated rings. The first-order valence-electron chi connectivity index (χ1n) is 3.75. The fraction of sp³-hybridized carbons (Fsp3) is 0. The maximum absolute atomic E-state index is 8.67. The lowest BCUT2D eigenvalue weighted by Gasteiger charge is -1.97. The van der Waals surface area contributed by atoms with Crippen LogP contribution in [0, 0.1) is 14.9 Å². The average molecular weight is 280 g/mol. The van der Waals surface area contributed by atoms with Gasteiger partial charge in [-0.15, -0.1) is 0 Å². The molecule has 2 rings (SSSR count). The van der Waals surface area contributed by atoms with Crippen molar-refractivity contribution in [1.82, 2.24) is 4.98 Å². The Balaban J connectivity index is 2.77. The summed E-state index contributed by atoms with van der Waals surface area (Å²) in [4.78, 5) is 4.17. The molecule has 0 aliphatic heterocycles. The van der Waals surface area contributed by atoms with Gasteiger partial charge in [0.2, 0.25) is 0 Å². The second-order valence-corrected chi connectivity index (χ2v) is 3.92. The van der Waals surface area contributed by atoms with E-state index in [-0.39, 0.29) is 0 Å². The Morgan fingerprint density at radius 3 is 2.92 bits per heavy atom. The molecule has 1 heterocycles. The highest BCUT2D eigenvalue weighted by Crippen LogP contribution is 2.16. The lowest BCUT2D eigenvalue weighted by molar-refractivity contribution is 1.37. The first kappa shape index (κ1) is 8.45. The second-order valence-electron chi connectivity index (χ2n) is 2.67. The minimum atomic E-state index is 0.606. The normalized spacial score (nSPS) is 9.85. The van der Waals surface area contributed by atoms with Gasteiger partial charge in [-0.3, -0.25) is 4.98 Å². The number of nitrogens with zero attached hydrogens (tertiary/aromatic N) is 2. The third-order valence-corrected chi connectivity index (χ3v) is 2.44. The molecule has 3 heteroatoms. The minimum absolute atomic E-state index is 0.606. The molecule has 0 saturated heterocycles. The van der Waals surface area contributed by atoms with Gasteiger partial charge in [0.05, 0.1) is 11.1 Å². The molecule has 0 atom stereocenters. The van der Waals surface area contributed by atoms with E-state index in [0.29, 0.717) is 5.56 Å². The molecule has 0 saturated carbocycles. The van der Waals surface area contributed by atoms with E-state index >= 15 is 0 Å². The molecule has 2 nitrogen and oxygen atoms in total. The van der Waals surface area contributed by atoms with Gasteiger partial charge in [-0.25, -0.2) is 0 Å². The SMILES string of the molecule is N#Cc1cnc2ccc(I)cc2c1. The molecule has 2 aromatic rings. The summed E-state index contributed by atoms with van der Waals surface area (Å²) in [7, 11) is 0. The third kappa shape index (κ3) is 1.63. The fourth-order valence-electron chi connectivity index (χ4n) is 1.16. The van der Waals surface area contributed by atoms with Crippen LogP contribution in [0.1, 0.15) is 5.56 Å². The van der Waals surface area contributed by atoms with E-state index < -0.39 is 0 Å². The molecule has 0 N–H and O–H groups in total. The van der Waals surface area contributed by atoms with Crippen molar-refractivity contribution in [2.24, 2.45) is 0 Å². The Morgan fingerprint density at radius 1 is 1.31 bits per heavy atom. The van der Waals surface area contributed by atoms with Crippen molar-refractivity contribution in [3.05, 3.63) is 39.6 Å². The molecule has 1 aromatic heterocycles. The van der Waals surface area contributed by atoms with Crippen molar-refractivity contribution in [2.45, 2.75) is 0 Å². The molecule has 0 aliphatic rings. The number of fused-ring (bicyclic) bond motifs is 1. The zero-order valence-electron chi connectivity index (χ0n) is 6.66. The number of hydrogen-bond acceptors (Lipinski definition) is 2. The predicted molar refractivity (Wildman–Crippen MR) is 59.2 cm³/mol. The largest absolute Gasteiger partial charge is 0.255 e. The van der Waals surface area contributed by atoms with Gasteiger partial charge in [0, 0.05) is 15.2 Å². The zero-order valence-corrected chi connectivity index (χ0v) is 8.82. The van der Waals surface area contributed by atoms with E-state index in [4.69, 9.17) is 5.26 Å². The number of halogens is 1. The van der Waals surface area contributed by atoms with E-state index in [1.54, 1.807) is 6.20 Å². The van der Waals surface area contributed by atoms with Crippen LogP contribution in [0.2, 0.25) is 0 Å². The Morgan fingerprint density at radius 2 is 2.15 bits per heavy atom. The van der Waals surface area contributed by atoms with Crippen LogP contribution in [0.25, 0.3) is 10.9 Å². The summed E-state index contributed by atoms with van der Waals surface area (Å²) < 4.78 is 1.15. The van der Waals surface area contributed by atoms with Crippen LogP contribution in [0.15, 0.2) is 30.5 Å². The molecule has 0 radical (unpaired) electrons. The van der Waals surface area contributed by atoms with Gasteiger partial charge >= 0.3 is 0 Å². The van der Waals surface area contributed by atoms with Gasteiger partial charge in [-0.05, 0) is 46.9 Å². The van der Waals surface area contributed by atoms with Crippen LogP contribution in [-0.4, -0.2) is 4.98 Å². The Labute approximate surface area is 89.4 Å². The third-order valence-electron chi connectivity index (χ3n) is 1.77. The lowest BCUT2D eigenvalue weighted by Crippen LogP contribution is -1.82. The topological polar surface area (TPSA) is 36.7 Å². The summed E-state index contributed by atoms with van der Waals surface area (Å²) in [6.45, 7) is 0. The first-order valence-corrected chi connectivity index (χ1v) is 4.83. The van der Waals surface area contributed by atoms with Crippen LogP contribution < -0.4 is 0 Å². The Kier molecular flexibility index (Phi) is 2.15. The van der Waals surface area contributed by atoms with E-state index in [9.17, 15) is 0 Å². The Hall–Kier alpha value is -1.15. The molecule has 0 aliphatic carbocycles. The van der Waals surface area contributed by atoms with Crippen molar-refractivity contribution in [1.29, 1.82) is 5.26 Å². The second kappa shape index (κ2) is 3.30. The van der Waals surface area contributed by atoms with Gasteiger partial charge < -0.3 is 0 Å². The number of rotatable bonds is 0. The molecule has 0 amide bonds. The van der Waals surface area contributed by atoms with E-state index in [1.807, 2.05) is 24.3 Å². The van der Waals surface area contributed by atoms with Gasteiger partial charge in [-0.2, -0.15) is 5.26 Å². The van der Waals surface area contributed by atoms with E-state index in [2.05, 4.69) is 33.6 Å². The summed E-state index contributed by atoms with van der Waals surface area (Å²) in [5.74, 6) is 0. The number of pyridine rings is 1. The maximum atomic E-state index is 8.67. The summed E-state index contributed by atoms with van der Waals surface area (Å²) in [6, 6.07) is 9.90. The summed E-state index contributed by atoms with van der Waals surface area (Å²) in [6.07, 6.45) is 1.59. The van der Waals surface area contributed by atoms with Gasteiger partial charge in [0.15, 0.2) is 0 Å². The van der Waals surface area contributed by atoms with Gasteiger partial charge in [-0.1, -0.05) is 0 Å². The van der Waals surface area contributed by atoms with Crippen LogP contribution in [0.4, 0.5) is 0 Å². The molecule has 0 spiro atoms. The van der Waals surface area contributed by atoms with Crippen molar-refractivity contribution >= 4 is 33.5 Å². The Bertz CT molecular complexity index is 500. The van der Waals surface area contributed by atoms with Crippen molar-refractivity contribution in [3.8, 4) is 6.07 Å². The van der Waals surface area contributed by atoms with Gasteiger partial charge in [0.1, 0.15) is 6.07 Å². The number of benzene rings is 1. The highest BCUT2D eigenvalue weighted by atomic mass is 127. The maximum Gasteiger partial charge on any atom is 0.101 e. The molecular formula is C10H5IN2. The average Bonchev–Trinajstić information content (AvgIpc) is 2.16. The molecule has 1 aromatic carbocycles. The molecule has 62 valence electrons. The molecule has 13 heavy (non-hydrogen) atoms. The molecule has 0 unspecified atom stereocenters. The van der Waals surface area contributed by atoms with Crippen LogP contribution in [0.5, 0.6) is 0 Å². The predicted octanol–water partition coefficient (Wildman–Crippen LogP) is 2.71. The van der Waals surface area contributed by atoms with Crippen LogP contribution in [-0.2, 0) is 0 Å². The van der Waals surface area contributed by atoms with E-state index in [0.717, 1.165) is 14.5 Å². The molecule has 0 bridgehead atoms. The molecular weight excluding hydrogens is 275 g/mol. The van der Waals surface area contributed by atoms with Crippen LogP contribution in [0.3, 0.4) is 0 Å². The number of hydrogen-bond donors (Lipinski definition) is 0. The lowest BCUT2D eigenvalue weighted by atomic mass is 10.2. The number of nitriles is 1. The summed E-state index contributed by atoms with van der Waals surface area (Å²) in [5, 5.41) is 9.69. The minimum Gasteiger partial charge on any atom is -0.255 e. The quantitative estimate of drug-likeness (QED) is 0.696. The fourth-order valence-corrected chi connectivity index (χ4v) is 1.68. The van der Waals surface area contributed by atoms with Crippen molar-refractivity contribution in [3.63, 3.8) is 0 Å². The first-order chi connectivity index (χ1) is 6.29. The van der Waals surface area contributed by atoms with Crippen LogP contribution >= 0.6 is 22.6 Å². The number of aromatic nitrogens is 1. The van der Waals surface area contributed by atoms with Crippen molar-refractivity contribution in [2.75, 3.05) is 0 Å². The monoisotopic (exact) mass is 280 g/mol. The highest BCUT2D eigenvalue weighted by molar-refractivity contribution is 14.1. The van der Waals surface area contributed by atoms with Gasteiger partial charge in [0.25, 0.3) is 0 Å². The summed E-state index contributed by atoms with van der Waals surface area (Å²) >= 11 is 2.24. The standard InChI is InChI=1S/C10H5IN2/c11-9-1-2-10-8(4-9)3-7(5-12)6-13-10/h1-4,6H.